The van der Waals surface area contributed by atoms with E-state index in [4.69, 9.17) is 0 Å². The molecule has 0 N–H and O–H groups in total. The molecule has 1 fully saturated rings. The number of rotatable bonds is 4. The molecule has 0 nitrogen and oxygen atoms in total. The van der Waals surface area contributed by atoms with Gasteiger partial charge in [0.2, 0.25) is 0 Å². The maximum absolute atomic E-state index is 2.99. The van der Waals surface area contributed by atoms with E-state index in [1.54, 1.807) is 21.1 Å². The van der Waals surface area contributed by atoms with E-state index in [-0.39, 0.29) is 73.1 Å². The van der Waals surface area contributed by atoms with Crippen molar-refractivity contribution in [3.05, 3.63) is 112 Å². The van der Waals surface area contributed by atoms with Crippen LogP contribution in [0.3, 0.4) is 0 Å². The van der Waals surface area contributed by atoms with Crippen LogP contribution in [0.25, 0.3) is 0 Å². The maximum atomic E-state index is 2.73. The largest absolute Gasteiger partial charge is 1.00 e. The van der Waals surface area contributed by atoms with Gasteiger partial charge in [0.05, 0.1) is 0 Å². The smallest absolute Gasteiger partial charge is 1.00 e. The minimum absolute atomic E-state index is 0. The van der Waals surface area contributed by atoms with Crippen molar-refractivity contribution >= 4 is 23.6 Å². The van der Waals surface area contributed by atoms with Gasteiger partial charge in [-0.1, -0.05) is 0 Å². The van der Waals surface area contributed by atoms with E-state index in [0.717, 1.165) is 6.42 Å². The van der Waals surface area contributed by atoms with Crippen LogP contribution in [0, 0.1) is 5.92 Å². The van der Waals surface area contributed by atoms with E-state index in [1.807, 2.05) is 0 Å². The number of hydrogen-bond donors (Lipinski definition) is 0. The van der Waals surface area contributed by atoms with Gasteiger partial charge in [0, 0.05) is 0 Å². The zero-order chi connectivity index (χ0) is 40.0. The fourth-order valence-electron chi connectivity index (χ4n) is 8.75. The normalized spacial score (nSPS) is 19.4. The molecule has 0 aliphatic heterocycles. The molecule has 0 spiro atoms. The molecule has 0 aromatic heterocycles. The number of hydrogen-bond acceptors (Lipinski definition) is 0. The minimum Gasteiger partial charge on any atom is -1.00 e. The fourth-order valence-corrected chi connectivity index (χ4v) is 17.4. The van der Waals surface area contributed by atoms with Crippen LogP contribution in [0.15, 0.2) is 78.4 Å². The Morgan fingerprint density at radius 3 is 0.982 bits per heavy atom. The van der Waals surface area contributed by atoms with Crippen LogP contribution in [0.4, 0.5) is 0 Å². The standard InChI is InChI=1S/C51H73Si.3ClH.Ti/c1-46(2,3)35-25-36(47(4,5)6)29-41(28-35)52(45-24-23-34-21-19-20-22-44(34)45,42-30-37(48(7,8)9)26-38(31-42)49(10,11)12)43-32-39(50(13,14)15)27-40(33-43)51(16,17)18;;;;/h19-20,22,25-34H,21,23-24H2,1-18H3;3*1H;/q;;;;+3/p-3. The third kappa shape index (κ3) is 9.76. The Morgan fingerprint density at radius 2 is 0.732 bits per heavy atom. The van der Waals surface area contributed by atoms with Gasteiger partial charge in [-0.25, -0.2) is 0 Å². The van der Waals surface area contributed by atoms with E-state index in [1.165, 1.54) is 46.2 Å². The van der Waals surface area contributed by atoms with E-state index in [0.29, 0.717) is 5.92 Å². The molecule has 0 saturated heterocycles. The summed E-state index contributed by atoms with van der Waals surface area (Å²) in [5, 5.41) is 4.76. The van der Waals surface area contributed by atoms with Crippen LogP contribution in [-0.4, -0.2) is 8.07 Å². The summed E-state index contributed by atoms with van der Waals surface area (Å²) < 4.78 is -0.0363. The molecule has 5 rings (SSSR count). The summed E-state index contributed by atoms with van der Waals surface area (Å²) in [5.41, 5.74) is 10.5. The monoisotopic (exact) mass is 866 g/mol. The van der Waals surface area contributed by atoms with Crippen LogP contribution >= 0.6 is 0 Å². The topological polar surface area (TPSA) is 0 Å². The van der Waals surface area contributed by atoms with Crippen LogP contribution in [0.2, 0.25) is 3.34 Å². The second kappa shape index (κ2) is 16.8. The average molecular weight is 868 g/mol. The number of halogens is 3. The minimum atomic E-state index is -2.99. The van der Waals surface area contributed by atoms with E-state index < -0.39 is 8.07 Å². The summed E-state index contributed by atoms with van der Waals surface area (Å²) in [7, 11) is -2.99. The first kappa shape index (κ1) is 51.1. The van der Waals surface area contributed by atoms with Gasteiger partial charge in [-0.2, -0.15) is 0 Å². The van der Waals surface area contributed by atoms with Crippen molar-refractivity contribution in [2.75, 3.05) is 0 Å². The second-order valence-corrected chi connectivity index (χ2v) is 29.3. The zero-order valence-electron chi connectivity index (χ0n) is 38.3. The Bertz CT molecular complexity index is 1650. The molecule has 0 radical (unpaired) electrons. The third-order valence-corrected chi connectivity index (χ3v) is 20.4. The summed E-state index contributed by atoms with van der Waals surface area (Å²) in [5.74, 6) is 0.602. The zero-order valence-corrected chi connectivity index (χ0v) is 43.1. The van der Waals surface area contributed by atoms with Gasteiger partial charge in [-0.15, -0.1) is 0 Å². The molecule has 5 heteroatoms. The second-order valence-electron chi connectivity index (χ2n) is 23.1. The summed E-state index contributed by atoms with van der Waals surface area (Å²) in [6.45, 7) is 43.5. The van der Waals surface area contributed by atoms with Gasteiger partial charge < -0.3 is 37.2 Å². The molecule has 1 saturated carbocycles. The molecule has 2 unspecified atom stereocenters. The number of benzene rings is 3. The average Bonchev–Trinajstić information content (AvgIpc) is 3.36. The Morgan fingerprint density at radius 1 is 0.464 bits per heavy atom. The first-order valence-corrected chi connectivity index (χ1v) is 23.3. The van der Waals surface area contributed by atoms with Crippen molar-refractivity contribution in [3.8, 4) is 0 Å². The van der Waals surface area contributed by atoms with Crippen LogP contribution in [-0.2, 0) is 52.9 Å². The van der Waals surface area contributed by atoms with Crippen molar-refractivity contribution in [2.45, 2.75) is 180 Å². The Kier molecular flexibility index (Phi) is 15.3. The van der Waals surface area contributed by atoms with Crippen LogP contribution in [0.5, 0.6) is 0 Å². The molecule has 2 aliphatic rings. The van der Waals surface area contributed by atoms with Crippen molar-refractivity contribution in [3.63, 3.8) is 0 Å². The van der Waals surface area contributed by atoms with Gasteiger partial charge in [0.25, 0.3) is 0 Å². The predicted molar refractivity (Wildman–Crippen MR) is 233 cm³/mol. The molecule has 3 aromatic carbocycles. The fraction of sp³-hybridized carbons (Fsp3) is 0.569. The first-order chi connectivity index (χ1) is 23.9. The molecule has 3 aromatic rings. The molecule has 0 heterocycles. The maximum Gasteiger partial charge on any atom is -1.00 e. The van der Waals surface area contributed by atoms with Crippen LogP contribution < -0.4 is 52.8 Å². The van der Waals surface area contributed by atoms with Gasteiger partial charge >= 0.3 is 341 Å². The van der Waals surface area contributed by atoms with E-state index >= 15 is 0 Å². The molecule has 2 atom stereocenters. The Hall–Kier alpha value is -1.06. The first-order valence-electron chi connectivity index (χ1n) is 20.5. The van der Waals surface area contributed by atoms with Crippen molar-refractivity contribution in [1.29, 1.82) is 0 Å². The molecular weight excluding hydrogens is 795 g/mol. The van der Waals surface area contributed by atoms with Crippen molar-refractivity contribution in [2.24, 2.45) is 5.92 Å². The predicted octanol–water partition coefficient (Wildman–Crippen LogP) is 3.49. The Balaban J connectivity index is 0.00000361. The molecule has 0 bridgehead atoms. The molecule has 2 aliphatic carbocycles. The van der Waals surface area contributed by atoms with Crippen LogP contribution in [0.1, 0.15) is 177 Å². The number of allylic oxidation sites excluding steroid dienone is 4. The van der Waals surface area contributed by atoms with Gasteiger partial charge in [-0.3, -0.25) is 0 Å². The van der Waals surface area contributed by atoms with Crippen molar-refractivity contribution < 1.29 is 57.7 Å². The third-order valence-electron chi connectivity index (χ3n) is 12.6. The summed E-state index contributed by atoms with van der Waals surface area (Å²) in [4.78, 5) is 0. The van der Waals surface area contributed by atoms with Gasteiger partial charge in [-0.05, 0) is 0 Å². The van der Waals surface area contributed by atoms with Gasteiger partial charge in [0.15, 0.2) is 0 Å². The SMILES string of the molecule is CC(C)(C)c1cc(C(C)(C)C)cc([Si](c2cc(C(C)(C)C)cc(C(C)(C)C)c2)(c2cc(C(C)(C)C)cc(C(C)(C)C)c2)[C]2([Ti+3])CCC3CC=CC=C32)c1.[Cl-].[Cl-].[Cl-]. The molecule has 306 valence electrons. The van der Waals surface area contributed by atoms with E-state index in [9.17, 15) is 0 Å². The summed E-state index contributed by atoms with van der Waals surface area (Å²) in [6.07, 6.45) is 11.0. The van der Waals surface area contributed by atoms with Crippen molar-refractivity contribution in [1.82, 2.24) is 0 Å². The molecule has 56 heavy (non-hydrogen) atoms. The Labute approximate surface area is 376 Å². The van der Waals surface area contributed by atoms with E-state index in [2.05, 4.69) is 218 Å². The summed E-state index contributed by atoms with van der Waals surface area (Å²) >= 11 is 2.73. The molecular formula is C51H73Cl3SiTi. The summed E-state index contributed by atoms with van der Waals surface area (Å²) in [6, 6.07) is 23.9. The number of fused-ring (bicyclic) bond motifs is 1. The quantitative estimate of drug-likeness (QED) is 0.279. The van der Waals surface area contributed by atoms with Gasteiger partial charge in [0.1, 0.15) is 0 Å². The molecule has 0 amide bonds.